The van der Waals surface area contributed by atoms with E-state index in [0.717, 1.165) is 10.6 Å². The molecule has 0 amide bonds. The Bertz CT molecular complexity index is 674. The smallest absolute Gasteiger partial charge is 0.254 e. The molecule has 22 heavy (non-hydrogen) atoms. The van der Waals surface area contributed by atoms with Crippen molar-refractivity contribution < 1.29 is 8.42 Å². The van der Waals surface area contributed by atoms with Crippen LogP contribution in [0.4, 0.5) is 0 Å². The van der Waals surface area contributed by atoms with Crippen molar-refractivity contribution >= 4 is 33.8 Å². The summed E-state index contributed by atoms with van der Waals surface area (Å²) in [4.78, 5) is 4.04. The maximum Gasteiger partial charge on any atom is 0.254 e. The number of benzene rings is 1. The van der Waals surface area contributed by atoms with Gasteiger partial charge in [0.25, 0.3) is 10.0 Å². The van der Waals surface area contributed by atoms with Gasteiger partial charge in [-0.05, 0) is 25.5 Å². The first-order valence-corrected chi connectivity index (χ1v) is 8.96. The average molecular weight is 362 g/mol. The van der Waals surface area contributed by atoms with Crippen LogP contribution in [0.2, 0.25) is 0 Å². The molecule has 0 saturated heterocycles. The Morgan fingerprint density at radius 3 is 2.50 bits per heavy atom. The summed E-state index contributed by atoms with van der Waals surface area (Å²) >= 11 is 1.20. The van der Waals surface area contributed by atoms with E-state index in [-0.39, 0.29) is 16.6 Å². The molecule has 0 saturated carbocycles. The SMILES string of the molecule is Cc1ncc(S(=O)(=O)N(CCCN)Cc2ccccc2)s1.Cl. The molecule has 122 valence electrons. The molecule has 0 spiro atoms. The van der Waals surface area contributed by atoms with Crippen molar-refractivity contribution in [1.29, 1.82) is 0 Å². The van der Waals surface area contributed by atoms with Crippen molar-refractivity contribution in [2.24, 2.45) is 5.73 Å². The normalized spacial score (nSPS) is 11.4. The highest BCUT2D eigenvalue weighted by Crippen LogP contribution is 2.23. The van der Waals surface area contributed by atoms with E-state index in [2.05, 4.69) is 4.98 Å². The zero-order chi connectivity index (χ0) is 15.3. The van der Waals surface area contributed by atoms with Gasteiger partial charge in [0, 0.05) is 13.1 Å². The number of sulfonamides is 1. The fraction of sp³-hybridized carbons (Fsp3) is 0.357. The molecule has 1 heterocycles. The molecule has 2 N–H and O–H groups in total. The summed E-state index contributed by atoms with van der Waals surface area (Å²) in [6, 6.07) is 9.56. The second-order valence-corrected chi connectivity index (χ2v) is 8.06. The van der Waals surface area contributed by atoms with E-state index in [1.165, 1.54) is 21.8 Å². The summed E-state index contributed by atoms with van der Waals surface area (Å²) in [5.41, 5.74) is 6.48. The van der Waals surface area contributed by atoms with Gasteiger partial charge in [0.1, 0.15) is 0 Å². The molecule has 0 unspecified atom stereocenters. The third-order valence-corrected chi connectivity index (χ3v) is 6.20. The summed E-state index contributed by atoms with van der Waals surface area (Å²) in [6.45, 7) is 3.01. The highest BCUT2D eigenvalue weighted by Gasteiger charge is 2.26. The monoisotopic (exact) mass is 361 g/mol. The van der Waals surface area contributed by atoms with Crippen LogP contribution in [0.3, 0.4) is 0 Å². The Hall–Kier alpha value is -0.990. The van der Waals surface area contributed by atoms with Gasteiger partial charge in [0.15, 0.2) is 4.21 Å². The lowest BCUT2D eigenvalue weighted by molar-refractivity contribution is 0.403. The molecule has 0 bridgehead atoms. The number of hydrogen-bond acceptors (Lipinski definition) is 5. The van der Waals surface area contributed by atoms with Gasteiger partial charge in [-0.15, -0.1) is 23.7 Å². The van der Waals surface area contributed by atoms with Crippen LogP contribution in [-0.4, -0.2) is 30.8 Å². The van der Waals surface area contributed by atoms with Crippen LogP contribution in [0, 0.1) is 6.92 Å². The number of aryl methyl sites for hydroxylation is 1. The van der Waals surface area contributed by atoms with Crippen molar-refractivity contribution in [3.8, 4) is 0 Å². The summed E-state index contributed by atoms with van der Waals surface area (Å²) in [6.07, 6.45) is 2.06. The fourth-order valence-corrected chi connectivity index (χ4v) is 4.66. The maximum atomic E-state index is 12.7. The van der Waals surface area contributed by atoms with Gasteiger partial charge in [-0.1, -0.05) is 30.3 Å². The molecule has 0 aliphatic carbocycles. The molecule has 0 aliphatic rings. The van der Waals surface area contributed by atoms with Crippen molar-refractivity contribution in [2.75, 3.05) is 13.1 Å². The van der Waals surface area contributed by atoms with Crippen LogP contribution in [0.25, 0.3) is 0 Å². The number of aromatic nitrogens is 1. The number of hydrogen-bond donors (Lipinski definition) is 1. The third kappa shape index (κ3) is 4.76. The second kappa shape index (κ2) is 8.59. The van der Waals surface area contributed by atoms with E-state index in [1.54, 1.807) is 6.92 Å². The molecule has 1 aromatic carbocycles. The highest BCUT2D eigenvalue weighted by atomic mass is 35.5. The van der Waals surface area contributed by atoms with Gasteiger partial charge >= 0.3 is 0 Å². The minimum Gasteiger partial charge on any atom is -0.330 e. The third-order valence-electron chi connectivity index (χ3n) is 3.01. The minimum atomic E-state index is -3.52. The van der Waals surface area contributed by atoms with Gasteiger partial charge in [0.05, 0.1) is 11.2 Å². The molecular weight excluding hydrogens is 342 g/mol. The molecule has 1 aromatic heterocycles. The number of nitrogens with two attached hydrogens (primary N) is 1. The molecule has 2 rings (SSSR count). The average Bonchev–Trinajstić information content (AvgIpc) is 2.92. The van der Waals surface area contributed by atoms with Crippen molar-refractivity contribution in [1.82, 2.24) is 9.29 Å². The van der Waals surface area contributed by atoms with Gasteiger partial charge < -0.3 is 5.73 Å². The number of rotatable bonds is 7. The van der Waals surface area contributed by atoms with Crippen LogP contribution in [0.5, 0.6) is 0 Å². The lowest BCUT2D eigenvalue weighted by Crippen LogP contribution is -2.32. The quantitative estimate of drug-likeness (QED) is 0.821. The van der Waals surface area contributed by atoms with Crippen LogP contribution in [0.1, 0.15) is 17.0 Å². The van der Waals surface area contributed by atoms with Gasteiger partial charge in [-0.3, -0.25) is 0 Å². The topological polar surface area (TPSA) is 76.3 Å². The number of thiazole rings is 1. The Labute approximate surface area is 141 Å². The standard InChI is InChI=1S/C14H19N3O2S2.ClH/c1-12-16-10-14(20-12)21(18,19)17(9-5-8-15)11-13-6-3-2-4-7-13;/h2-4,6-7,10H,5,8-9,11,15H2,1H3;1H. The lowest BCUT2D eigenvalue weighted by Gasteiger charge is -2.21. The number of halogens is 1. The van der Waals surface area contributed by atoms with Crippen molar-refractivity contribution in [2.45, 2.75) is 24.1 Å². The second-order valence-electron chi connectivity index (χ2n) is 4.66. The Kier molecular flexibility index (Phi) is 7.44. The first-order chi connectivity index (χ1) is 10.0. The molecule has 5 nitrogen and oxygen atoms in total. The molecule has 0 radical (unpaired) electrons. The first-order valence-electron chi connectivity index (χ1n) is 6.70. The van der Waals surface area contributed by atoms with Crippen molar-refractivity contribution in [3.63, 3.8) is 0 Å². The van der Waals surface area contributed by atoms with Crippen LogP contribution in [0.15, 0.2) is 40.7 Å². The molecule has 2 aromatic rings. The van der Waals surface area contributed by atoms with Crippen LogP contribution < -0.4 is 5.73 Å². The van der Waals surface area contributed by atoms with Gasteiger partial charge in [-0.25, -0.2) is 13.4 Å². The van der Waals surface area contributed by atoms with E-state index >= 15 is 0 Å². The Balaban J connectivity index is 0.00000242. The minimum absolute atomic E-state index is 0. The molecule has 0 fully saturated rings. The van der Waals surface area contributed by atoms with Crippen LogP contribution >= 0.6 is 23.7 Å². The van der Waals surface area contributed by atoms with E-state index in [1.807, 2.05) is 30.3 Å². The molecular formula is C14H20ClN3O2S2. The summed E-state index contributed by atoms with van der Waals surface area (Å²) in [5, 5.41) is 0.743. The molecule has 0 atom stereocenters. The molecule has 0 aliphatic heterocycles. The maximum absolute atomic E-state index is 12.7. The Morgan fingerprint density at radius 2 is 1.95 bits per heavy atom. The van der Waals surface area contributed by atoms with Gasteiger partial charge in [0.2, 0.25) is 0 Å². The predicted molar refractivity (Wildman–Crippen MR) is 91.8 cm³/mol. The van der Waals surface area contributed by atoms with E-state index in [4.69, 9.17) is 5.73 Å². The van der Waals surface area contributed by atoms with Gasteiger partial charge in [-0.2, -0.15) is 4.31 Å². The van der Waals surface area contributed by atoms with Crippen molar-refractivity contribution in [3.05, 3.63) is 47.1 Å². The zero-order valence-electron chi connectivity index (χ0n) is 12.3. The fourth-order valence-electron chi connectivity index (χ4n) is 1.93. The van der Waals surface area contributed by atoms with E-state index in [9.17, 15) is 8.42 Å². The summed E-state index contributed by atoms with van der Waals surface area (Å²) < 4.78 is 27.2. The highest BCUT2D eigenvalue weighted by molar-refractivity contribution is 7.91. The summed E-state index contributed by atoms with van der Waals surface area (Å²) in [5.74, 6) is 0. The lowest BCUT2D eigenvalue weighted by atomic mass is 10.2. The predicted octanol–water partition coefficient (Wildman–Crippen LogP) is 2.41. The van der Waals surface area contributed by atoms with Crippen LogP contribution in [-0.2, 0) is 16.6 Å². The molecule has 8 heteroatoms. The first kappa shape index (κ1) is 19.1. The largest absolute Gasteiger partial charge is 0.330 e. The van der Waals surface area contributed by atoms with E-state index < -0.39 is 10.0 Å². The zero-order valence-corrected chi connectivity index (χ0v) is 14.8. The Morgan fingerprint density at radius 1 is 1.27 bits per heavy atom. The summed E-state index contributed by atoms with van der Waals surface area (Å²) in [7, 11) is -3.52. The van der Waals surface area contributed by atoms with E-state index in [0.29, 0.717) is 26.1 Å². The number of nitrogens with zero attached hydrogens (tertiary/aromatic N) is 2.